The monoisotopic (exact) mass is 1130 g/mol. The van der Waals surface area contributed by atoms with Crippen LogP contribution in [0, 0.1) is 59.2 Å². The van der Waals surface area contributed by atoms with Crippen molar-refractivity contribution in [3.8, 4) is 0 Å². The van der Waals surface area contributed by atoms with Gasteiger partial charge in [0.25, 0.3) is 5.91 Å². The Bertz CT molecular complexity index is 2500. The standard InChI is InChI=1S/C69H103N3O10/c1-18-44(7)64(62(79-16)39-61(75)56-33-28-34-57(56)67(80-17)49(12)60(74)37-45(8)46(9)53-29-24-23-25-30-53)48(11)47(10)63(42(3)4)50(13)66(76)65(43(5)6)72(15)69(78)81-41-52-35-36-59(58(38-52)68(77)70-40-54(73)19-2)71-51(14)82-55-31-26-21-20-22-27-32-55/h23-26,29-31,35-36,38,42-46,48-49,55-57,62-65,67,71H,10,13-14,18-22,27-28,32-34,37,39-41H2,1-9,11-12,15-17H3,(H,70,77)/b31-26+/t44?,45-,46+,48?,49?,55?,56?,57?,62?,63?,64?,65-,67?/m0/s1. The number of Topliss-reactive ketones (excluding diaryl/α,β-unsaturated/α-hetero) is 4. The van der Waals surface area contributed by atoms with Gasteiger partial charge in [0.05, 0.1) is 30.0 Å². The number of benzene rings is 2. The Morgan fingerprint density at radius 1 is 0.768 bits per heavy atom. The second-order valence-electron chi connectivity index (χ2n) is 24.5. The van der Waals surface area contributed by atoms with Gasteiger partial charge in [0.2, 0.25) is 0 Å². The van der Waals surface area contributed by atoms with E-state index in [4.69, 9.17) is 25.5 Å². The number of hydrogen-bond donors (Lipinski definition) is 2. The lowest BCUT2D eigenvalue weighted by molar-refractivity contribution is -0.135. The fourth-order valence-corrected chi connectivity index (χ4v) is 12.8. The van der Waals surface area contributed by atoms with Crippen molar-refractivity contribution in [1.82, 2.24) is 10.2 Å². The predicted molar refractivity (Wildman–Crippen MR) is 329 cm³/mol. The van der Waals surface area contributed by atoms with Gasteiger partial charge < -0.3 is 34.5 Å². The first-order valence-electron chi connectivity index (χ1n) is 30.6. The van der Waals surface area contributed by atoms with Crippen molar-refractivity contribution in [2.45, 2.75) is 190 Å². The first kappa shape index (κ1) is 68.8. The number of ketones is 4. The van der Waals surface area contributed by atoms with Gasteiger partial charge in [0, 0.05) is 58.3 Å². The number of rotatable bonds is 34. The third kappa shape index (κ3) is 18.9. The Hall–Kier alpha value is -5.66. The molecule has 13 atom stereocenters. The van der Waals surface area contributed by atoms with Gasteiger partial charge in [-0.2, -0.15) is 0 Å². The average molecular weight is 1130 g/mol. The van der Waals surface area contributed by atoms with E-state index in [-0.39, 0.29) is 132 Å². The molecule has 0 aliphatic heterocycles. The van der Waals surface area contributed by atoms with Crippen LogP contribution in [-0.2, 0) is 44.7 Å². The highest BCUT2D eigenvalue weighted by Crippen LogP contribution is 2.44. The minimum Gasteiger partial charge on any atom is -0.472 e. The van der Waals surface area contributed by atoms with Crippen LogP contribution in [0.2, 0.25) is 0 Å². The van der Waals surface area contributed by atoms with E-state index in [9.17, 15) is 28.8 Å². The molecule has 2 amide bonds. The molecule has 2 N–H and O–H groups in total. The molecule has 0 saturated heterocycles. The summed E-state index contributed by atoms with van der Waals surface area (Å²) in [6.07, 6.45) is 11.7. The summed E-state index contributed by atoms with van der Waals surface area (Å²) in [4.78, 5) is 84.8. The molecule has 13 nitrogen and oxygen atoms in total. The van der Waals surface area contributed by atoms with E-state index in [1.165, 1.54) is 10.5 Å². The number of carbonyl (C=O) groups is 6. The van der Waals surface area contributed by atoms with Crippen LogP contribution in [0.15, 0.2) is 97.4 Å². The molecule has 0 heterocycles. The Morgan fingerprint density at radius 2 is 1.46 bits per heavy atom. The number of likely N-dealkylation sites (N-methyl/N-ethyl adjacent to an activating group) is 1. The topological polar surface area (TPSA) is 167 Å². The quantitative estimate of drug-likeness (QED) is 0.0389. The Kier molecular flexibility index (Phi) is 28.2. The number of hydrogen-bond acceptors (Lipinski definition) is 11. The van der Waals surface area contributed by atoms with Crippen LogP contribution in [0.5, 0.6) is 0 Å². The van der Waals surface area contributed by atoms with E-state index >= 15 is 0 Å². The lowest BCUT2D eigenvalue weighted by Crippen LogP contribution is -2.47. The number of amides is 2. The van der Waals surface area contributed by atoms with E-state index in [2.05, 4.69) is 76.6 Å². The molecule has 0 bridgehead atoms. The molecular formula is C69H103N3O10. The smallest absolute Gasteiger partial charge is 0.410 e. The van der Waals surface area contributed by atoms with Crippen molar-refractivity contribution in [2.24, 2.45) is 59.2 Å². The normalized spacial score (nSPS) is 20.5. The van der Waals surface area contributed by atoms with E-state index in [0.29, 0.717) is 23.2 Å². The zero-order valence-electron chi connectivity index (χ0n) is 52.5. The van der Waals surface area contributed by atoms with Crippen molar-refractivity contribution >= 4 is 40.8 Å². The summed E-state index contributed by atoms with van der Waals surface area (Å²) < 4.78 is 24.5. The molecule has 2 aromatic rings. The van der Waals surface area contributed by atoms with Gasteiger partial charge in [-0.05, 0) is 127 Å². The summed E-state index contributed by atoms with van der Waals surface area (Å²) in [7, 11) is 4.88. The Labute approximate surface area is 493 Å². The largest absolute Gasteiger partial charge is 0.472 e. The van der Waals surface area contributed by atoms with Crippen molar-refractivity contribution in [3.63, 3.8) is 0 Å². The summed E-state index contributed by atoms with van der Waals surface area (Å²) in [5, 5.41) is 5.84. The molecule has 13 heteroatoms. The number of ether oxygens (including phenoxy) is 4. The third-order valence-electron chi connectivity index (χ3n) is 18.2. The van der Waals surface area contributed by atoms with Gasteiger partial charge in [-0.25, -0.2) is 4.79 Å². The highest BCUT2D eigenvalue weighted by atomic mass is 16.6. The van der Waals surface area contributed by atoms with E-state index in [1.54, 1.807) is 46.4 Å². The molecule has 0 aromatic heterocycles. The van der Waals surface area contributed by atoms with Crippen molar-refractivity contribution in [2.75, 3.05) is 33.1 Å². The summed E-state index contributed by atoms with van der Waals surface area (Å²) in [5.41, 5.74) is 3.46. The van der Waals surface area contributed by atoms with Crippen LogP contribution < -0.4 is 10.6 Å². The Balaban J connectivity index is 1.49. The fourth-order valence-electron chi connectivity index (χ4n) is 12.8. The Morgan fingerprint density at radius 3 is 2.09 bits per heavy atom. The maximum atomic E-state index is 14.9. The minimum atomic E-state index is -0.934. The van der Waals surface area contributed by atoms with Gasteiger partial charge in [-0.15, -0.1) is 0 Å². The lowest BCUT2D eigenvalue weighted by Gasteiger charge is -2.40. The number of allylic oxidation sites excluding steroid dienone is 2. The second-order valence-corrected chi connectivity index (χ2v) is 24.5. The number of anilines is 1. The van der Waals surface area contributed by atoms with Crippen LogP contribution in [-0.4, -0.2) is 92.2 Å². The average Bonchev–Trinajstić information content (AvgIpc) is 4.08. The second kappa shape index (κ2) is 33.6. The molecule has 10 unspecified atom stereocenters. The summed E-state index contributed by atoms with van der Waals surface area (Å²) in [6.45, 7) is 35.1. The molecule has 454 valence electrons. The molecule has 2 aliphatic rings. The van der Waals surface area contributed by atoms with E-state index in [1.807, 2.05) is 58.9 Å². The summed E-state index contributed by atoms with van der Waals surface area (Å²) in [5.74, 6) is -1.90. The molecule has 82 heavy (non-hydrogen) atoms. The van der Waals surface area contributed by atoms with Crippen molar-refractivity contribution < 1.29 is 47.7 Å². The predicted octanol–water partition coefficient (Wildman–Crippen LogP) is 14.5. The molecule has 2 aliphatic carbocycles. The molecule has 0 radical (unpaired) electrons. The zero-order valence-corrected chi connectivity index (χ0v) is 52.5. The van der Waals surface area contributed by atoms with Gasteiger partial charge in [0.1, 0.15) is 30.3 Å². The van der Waals surface area contributed by atoms with E-state index in [0.717, 1.165) is 63.4 Å². The number of carbonyl (C=O) groups excluding carboxylic acids is 6. The van der Waals surface area contributed by atoms with Gasteiger partial charge in [-0.3, -0.25) is 24.0 Å². The maximum Gasteiger partial charge on any atom is 0.410 e. The summed E-state index contributed by atoms with van der Waals surface area (Å²) >= 11 is 0. The highest BCUT2D eigenvalue weighted by molar-refractivity contribution is 6.02. The fraction of sp³-hybridized carbons (Fsp3) is 0.623. The highest BCUT2D eigenvalue weighted by Gasteiger charge is 2.45. The van der Waals surface area contributed by atoms with Crippen LogP contribution in [0.1, 0.15) is 181 Å². The molecular weight excluding hydrogens is 1030 g/mol. The third-order valence-corrected chi connectivity index (χ3v) is 18.2. The van der Waals surface area contributed by atoms with Crippen LogP contribution in [0.25, 0.3) is 0 Å². The number of nitrogens with one attached hydrogen (secondary N) is 2. The van der Waals surface area contributed by atoms with E-state index < -0.39 is 30.1 Å². The van der Waals surface area contributed by atoms with Crippen LogP contribution in [0.4, 0.5) is 10.5 Å². The zero-order chi connectivity index (χ0) is 61.0. The first-order chi connectivity index (χ1) is 38.9. The SMILES string of the molecule is C=C(Nc1ccc(COC(=O)N(C)[C@H](C(=O)C(=C)C(C(=C)C(C)C(C(C)CC)C(CC(=O)C2CCCC2C(OC)C(C)C(=O)C[C@H](C)[C@@H](C)c2ccccc2)OC)C(C)C)C(C)C)cc1C(=O)NCC(=O)CC)OC1/C=C/CCCCC1. The molecule has 1 saturated carbocycles. The van der Waals surface area contributed by atoms with Crippen LogP contribution in [0.3, 0.4) is 0 Å². The lowest BCUT2D eigenvalue weighted by atomic mass is 9.67. The van der Waals surface area contributed by atoms with Gasteiger partial charge in [-0.1, -0.05) is 157 Å². The first-order valence-corrected chi connectivity index (χ1v) is 30.6. The van der Waals surface area contributed by atoms with Crippen molar-refractivity contribution in [3.05, 3.63) is 114 Å². The maximum absolute atomic E-state index is 14.9. The van der Waals surface area contributed by atoms with Crippen molar-refractivity contribution in [1.29, 1.82) is 0 Å². The van der Waals surface area contributed by atoms with Gasteiger partial charge >= 0.3 is 6.09 Å². The molecule has 4 rings (SSSR count). The molecule has 0 spiro atoms. The molecule has 1 fully saturated rings. The summed E-state index contributed by atoms with van der Waals surface area (Å²) in [6, 6.07) is 14.4. The van der Waals surface area contributed by atoms with Crippen LogP contribution >= 0.6 is 0 Å². The van der Waals surface area contributed by atoms with Gasteiger partial charge in [0.15, 0.2) is 17.4 Å². The molecule has 2 aromatic carbocycles. The minimum absolute atomic E-state index is 0.0937. The number of nitrogens with zero attached hydrogens (tertiary/aromatic N) is 1. The number of methoxy groups -OCH3 is 2.